The van der Waals surface area contributed by atoms with E-state index < -0.39 is 4.92 Å². The first-order valence-corrected chi connectivity index (χ1v) is 8.04. The van der Waals surface area contributed by atoms with Gasteiger partial charge in [-0.2, -0.15) is 0 Å². The summed E-state index contributed by atoms with van der Waals surface area (Å²) >= 11 is 5.80. The standard InChI is InChI=1S/C17H15ClN6O2/c1-10-3-5-13(11(2)7-10)22-16-15(24(25)26)17(21-9-20-16)23-14-6-4-12(18)8-19-14/h3-9H,1-2H3,(H2,19,20,21,22,23). The number of rotatable bonds is 5. The highest BCUT2D eigenvalue weighted by Gasteiger charge is 2.24. The van der Waals surface area contributed by atoms with Gasteiger partial charge in [0.2, 0.25) is 11.6 Å². The van der Waals surface area contributed by atoms with Crippen molar-refractivity contribution in [3.8, 4) is 0 Å². The number of hydrogen-bond acceptors (Lipinski definition) is 7. The number of pyridine rings is 1. The van der Waals surface area contributed by atoms with Crippen LogP contribution in [-0.2, 0) is 0 Å². The lowest BCUT2D eigenvalue weighted by atomic mass is 10.1. The number of nitrogens with zero attached hydrogens (tertiary/aromatic N) is 4. The Balaban J connectivity index is 1.98. The lowest BCUT2D eigenvalue weighted by molar-refractivity contribution is -0.383. The molecule has 0 saturated heterocycles. The van der Waals surface area contributed by atoms with Gasteiger partial charge in [0.1, 0.15) is 12.1 Å². The van der Waals surface area contributed by atoms with Gasteiger partial charge in [-0.15, -0.1) is 0 Å². The average molecular weight is 371 g/mol. The molecule has 2 N–H and O–H groups in total. The van der Waals surface area contributed by atoms with E-state index in [1.165, 1.54) is 12.5 Å². The van der Waals surface area contributed by atoms with Crippen molar-refractivity contribution in [2.45, 2.75) is 13.8 Å². The Morgan fingerprint density at radius 1 is 1.04 bits per heavy atom. The summed E-state index contributed by atoms with van der Waals surface area (Å²) in [6.45, 7) is 3.89. The molecule has 0 spiro atoms. The molecule has 0 atom stereocenters. The lowest BCUT2D eigenvalue weighted by Gasteiger charge is -2.11. The third kappa shape index (κ3) is 3.86. The van der Waals surface area contributed by atoms with E-state index in [9.17, 15) is 10.1 Å². The molecule has 2 heterocycles. The van der Waals surface area contributed by atoms with Gasteiger partial charge >= 0.3 is 5.69 Å². The molecule has 0 fully saturated rings. The van der Waals surface area contributed by atoms with Crippen molar-refractivity contribution in [2.75, 3.05) is 10.6 Å². The molecule has 132 valence electrons. The fourth-order valence-corrected chi connectivity index (χ4v) is 2.50. The van der Waals surface area contributed by atoms with Crippen molar-refractivity contribution in [3.63, 3.8) is 0 Å². The molecule has 1 aromatic carbocycles. The molecule has 0 bridgehead atoms. The zero-order chi connectivity index (χ0) is 18.7. The Kier molecular flexibility index (Phi) is 4.94. The highest BCUT2D eigenvalue weighted by Crippen LogP contribution is 2.33. The summed E-state index contributed by atoms with van der Waals surface area (Å²) in [5.74, 6) is 0.508. The van der Waals surface area contributed by atoms with E-state index in [2.05, 4.69) is 25.6 Å². The van der Waals surface area contributed by atoms with Crippen LogP contribution in [0, 0.1) is 24.0 Å². The minimum Gasteiger partial charge on any atom is -0.334 e. The van der Waals surface area contributed by atoms with Gasteiger partial charge in [-0.05, 0) is 37.6 Å². The normalized spacial score (nSPS) is 10.4. The van der Waals surface area contributed by atoms with Gasteiger partial charge in [0.15, 0.2) is 0 Å². The van der Waals surface area contributed by atoms with Crippen molar-refractivity contribution in [2.24, 2.45) is 0 Å². The van der Waals surface area contributed by atoms with E-state index in [4.69, 9.17) is 11.6 Å². The maximum Gasteiger partial charge on any atom is 0.353 e. The van der Waals surface area contributed by atoms with Crippen molar-refractivity contribution in [3.05, 3.63) is 69.1 Å². The number of nitro groups is 1. The Morgan fingerprint density at radius 2 is 1.77 bits per heavy atom. The fraction of sp³-hybridized carbons (Fsp3) is 0.118. The first-order valence-electron chi connectivity index (χ1n) is 7.66. The van der Waals surface area contributed by atoms with Gasteiger partial charge in [-0.25, -0.2) is 15.0 Å². The quantitative estimate of drug-likeness (QED) is 0.501. The number of aromatic nitrogens is 3. The monoisotopic (exact) mass is 370 g/mol. The molecule has 3 rings (SSSR count). The molecule has 8 nitrogen and oxygen atoms in total. The third-order valence-electron chi connectivity index (χ3n) is 3.61. The minimum absolute atomic E-state index is 0.0343. The van der Waals surface area contributed by atoms with Crippen LogP contribution < -0.4 is 10.6 Å². The van der Waals surface area contributed by atoms with Gasteiger partial charge in [0.05, 0.1) is 9.95 Å². The van der Waals surface area contributed by atoms with E-state index in [0.717, 1.165) is 16.8 Å². The number of nitrogens with one attached hydrogen (secondary N) is 2. The van der Waals surface area contributed by atoms with E-state index in [1.54, 1.807) is 12.1 Å². The van der Waals surface area contributed by atoms with Gasteiger partial charge in [-0.1, -0.05) is 29.3 Å². The van der Waals surface area contributed by atoms with Crippen molar-refractivity contribution < 1.29 is 4.92 Å². The highest BCUT2D eigenvalue weighted by molar-refractivity contribution is 6.30. The van der Waals surface area contributed by atoms with Gasteiger partial charge < -0.3 is 10.6 Å². The van der Waals surface area contributed by atoms with Crippen molar-refractivity contribution in [1.82, 2.24) is 15.0 Å². The molecular formula is C17H15ClN6O2. The van der Waals surface area contributed by atoms with Crippen LogP contribution in [0.5, 0.6) is 0 Å². The maximum atomic E-state index is 11.6. The van der Waals surface area contributed by atoms with Crippen LogP contribution in [0.15, 0.2) is 42.9 Å². The minimum atomic E-state index is -0.538. The van der Waals surface area contributed by atoms with E-state index in [1.807, 2.05) is 32.0 Å². The molecule has 0 unspecified atom stereocenters. The van der Waals surface area contributed by atoms with Gasteiger partial charge in [0, 0.05) is 11.9 Å². The van der Waals surface area contributed by atoms with Crippen LogP contribution in [0.1, 0.15) is 11.1 Å². The third-order valence-corrected chi connectivity index (χ3v) is 3.84. The summed E-state index contributed by atoms with van der Waals surface area (Å²) in [5.41, 5.74) is 2.50. The molecule has 0 amide bonds. The van der Waals surface area contributed by atoms with E-state index in [-0.39, 0.29) is 17.3 Å². The Hall–Kier alpha value is -3.26. The number of anilines is 4. The van der Waals surface area contributed by atoms with Gasteiger partial charge in [-0.3, -0.25) is 10.1 Å². The van der Waals surface area contributed by atoms with E-state index in [0.29, 0.717) is 10.8 Å². The molecule has 2 aromatic heterocycles. The van der Waals surface area contributed by atoms with Crippen LogP contribution in [0.3, 0.4) is 0 Å². The SMILES string of the molecule is Cc1ccc(Nc2ncnc(Nc3ccc(Cl)cn3)c2[N+](=O)[O-])c(C)c1. The molecule has 0 aliphatic carbocycles. The summed E-state index contributed by atoms with van der Waals surface area (Å²) in [4.78, 5) is 23.2. The summed E-state index contributed by atoms with van der Waals surface area (Å²) in [6.07, 6.45) is 2.68. The maximum absolute atomic E-state index is 11.6. The van der Waals surface area contributed by atoms with Crippen LogP contribution in [0.25, 0.3) is 0 Å². The second-order valence-corrected chi connectivity index (χ2v) is 6.04. The molecular weight excluding hydrogens is 356 g/mol. The van der Waals surface area contributed by atoms with Crippen molar-refractivity contribution >= 4 is 40.4 Å². The predicted molar refractivity (Wildman–Crippen MR) is 100 cm³/mol. The number of halogens is 1. The molecule has 0 aliphatic rings. The van der Waals surface area contributed by atoms with Crippen LogP contribution >= 0.6 is 11.6 Å². The average Bonchev–Trinajstić information content (AvgIpc) is 2.59. The molecule has 3 aromatic rings. The topological polar surface area (TPSA) is 106 Å². The summed E-state index contributed by atoms with van der Waals surface area (Å²) in [6, 6.07) is 8.97. The smallest absolute Gasteiger partial charge is 0.334 e. The Bertz CT molecular complexity index is 962. The number of aryl methyl sites for hydroxylation is 2. The van der Waals surface area contributed by atoms with Crippen molar-refractivity contribution in [1.29, 1.82) is 0 Å². The largest absolute Gasteiger partial charge is 0.353 e. The second-order valence-electron chi connectivity index (χ2n) is 5.61. The number of hydrogen-bond donors (Lipinski definition) is 2. The molecule has 0 aliphatic heterocycles. The van der Waals surface area contributed by atoms with Crippen LogP contribution in [-0.4, -0.2) is 19.9 Å². The fourth-order valence-electron chi connectivity index (χ4n) is 2.39. The predicted octanol–water partition coefficient (Wildman–Crippen LogP) is 4.54. The molecule has 26 heavy (non-hydrogen) atoms. The lowest BCUT2D eigenvalue weighted by Crippen LogP contribution is -2.06. The van der Waals surface area contributed by atoms with Crippen LogP contribution in [0.2, 0.25) is 5.02 Å². The molecule has 0 saturated carbocycles. The van der Waals surface area contributed by atoms with E-state index >= 15 is 0 Å². The number of benzene rings is 1. The Labute approximate surface area is 154 Å². The summed E-state index contributed by atoms with van der Waals surface area (Å²) in [7, 11) is 0. The first kappa shape index (κ1) is 17.6. The first-order chi connectivity index (χ1) is 12.4. The summed E-state index contributed by atoms with van der Waals surface area (Å²) < 4.78 is 0. The molecule has 9 heteroatoms. The second kappa shape index (κ2) is 7.32. The highest BCUT2D eigenvalue weighted by atomic mass is 35.5. The zero-order valence-corrected chi connectivity index (χ0v) is 14.8. The van der Waals surface area contributed by atoms with Gasteiger partial charge in [0.25, 0.3) is 0 Å². The Morgan fingerprint density at radius 3 is 2.38 bits per heavy atom. The molecule has 0 radical (unpaired) electrons. The van der Waals surface area contributed by atoms with Crippen LogP contribution in [0.4, 0.5) is 28.8 Å². The summed E-state index contributed by atoms with van der Waals surface area (Å²) in [5, 5.41) is 17.9. The zero-order valence-electron chi connectivity index (χ0n) is 14.0.